The van der Waals surface area contributed by atoms with Gasteiger partial charge in [0.05, 0.1) is 30.4 Å². The van der Waals surface area contributed by atoms with Crippen molar-refractivity contribution in [3.63, 3.8) is 0 Å². The van der Waals surface area contributed by atoms with Crippen LogP contribution in [0.4, 0.5) is 19.0 Å². The highest BCUT2D eigenvalue weighted by molar-refractivity contribution is 5.89. The number of anilines is 1. The van der Waals surface area contributed by atoms with Crippen LogP contribution in [0.2, 0.25) is 0 Å². The number of methoxy groups -OCH3 is 1. The van der Waals surface area contributed by atoms with Gasteiger partial charge in [0.1, 0.15) is 30.1 Å². The first-order valence-corrected chi connectivity index (χ1v) is 11.4. The second kappa shape index (κ2) is 11.8. The van der Waals surface area contributed by atoms with Crippen LogP contribution in [0.3, 0.4) is 0 Å². The molecule has 1 aliphatic heterocycles. The SMILES string of the molecule is C=C/C=C(NCC#Cc1cc2c(NC3CCN(C)CC3)ncnc2n1CC(F)(F)F)\C(=C/C)OC. The number of halogens is 3. The first-order chi connectivity index (χ1) is 16.8. The molecule has 0 aliphatic carbocycles. The van der Waals surface area contributed by atoms with E-state index in [1.54, 1.807) is 31.4 Å². The van der Waals surface area contributed by atoms with Crippen molar-refractivity contribution in [3.05, 3.63) is 54.4 Å². The third-order valence-corrected chi connectivity index (χ3v) is 5.70. The van der Waals surface area contributed by atoms with Crippen LogP contribution in [0.5, 0.6) is 0 Å². The Kier molecular flexibility index (Phi) is 8.82. The highest BCUT2D eigenvalue weighted by atomic mass is 19.4. The Bertz CT molecular complexity index is 1150. The summed E-state index contributed by atoms with van der Waals surface area (Å²) in [4.78, 5) is 10.7. The number of hydrogen-bond donors (Lipinski definition) is 2. The summed E-state index contributed by atoms with van der Waals surface area (Å²) in [6, 6.07) is 1.82. The summed E-state index contributed by atoms with van der Waals surface area (Å²) in [6.45, 7) is 6.42. The summed E-state index contributed by atoms with van der Waals surface area (Å²) in [5.41, 5.74) is 1.09. The van der Waals surface area contributed by atoms with Crippen LogP contribution in [-0.2, 0) is 11.3 Å². The minimum Gasteiger partial charge on any atom is -0.495 e. The van der Waals surface area contributed by atoms with Crippen molar-refractivity contribution in [3.8, 4) is 11.8 Å². The largest absolute Gasteiger partial charge is 0.495 e. The quantitative estimate of drug-likeness (QED) is 0.332. The summed E-state index contributed by atoms with van der Waals surface area (Å²) >= 11 is 0. The van der Waals surface area contributed by atoms with Gasteiger partial charge in [-0.05, 0) is 64.0 Å². The highest BCUT2D eigenvalue weighted by Gasteiger charge is 2.30. The molecule has 35 heavy (non-hydrogen) atoms. The molecule has 0 saturated carbocycles. The minimum absolute atomic E-state index is 0.195. The van der Waals surface area contributed by atoms with Gasteiger partial charge in [-0.25, -0.2) is 9.97 Å². The molecule has 2 aromatic rings. The van der Waals surface area contributed by atoms with Gasteiger partial charge in [0.15, 0.2) is 0 Å². The Balaban J connectivity index is 1.89. The van der Waals surface area contributed by atoms with Crippen LogP contribution in [0.15, 0.2) is 48.7 Å². The molecular formula is C25H31F3N6O. The van der Waals surface area contributed by atoms with Crippen molar-refractivity contribution in [2.75, 3.05) is 39.1 Å². The molecule has 0 radical (unpaired) electrons. The van der Waals surface area contributed by atoms with Crippen LogP contribution in [-0.4, -0.2) is 65.4 Å². The van der Waals surface area contributed by atoms with Crippen molar-refractivity contribution >= 4 is 16.9 Å². The summed E-state index contributed by atoms with van der Waals surface area (Å²) < 4.78 is 46.6. The summed E-state index contributed by atoms with van der Waals surface area (Å²) in [6.07, 6.45) is 3.86. The number of allylic oxidation sites excluding steroid dienone is 3. The Morgan fingerprint density at radius 2 is 2.06 bits per heavy atom. The normalized spacial score (nSPS) is 16.1. The Morgan fingerprint density at radius 1 is 1.31 bits per heavy atom. The topological polar surface area (TPSA) is 67.2 Å². The van der Waals surface area contributed by atoms with E-state index >= 15 is 0 Å². The molecular weight excluding hydrogens is 457 g/mol. The average Bonchev–Trinajstić information content (AvgIpc) is 3.15. The number of hydrogen-bond acceptors (Lipinski definition) is 6. The van der Waals surface area contributed by atoms with E-state index in [0.717, 1.165) is 30.5 Å². The lowest BCUT2D eigenvalue weighted by Gasteiger charge is -2.29. The van der Waals surface area contributed by atoms with Crippen LogP contribution >= 0.6 is 0 Å². The van der Waals surface area contributed by atoms with E-state index in [0.29, 0.717) is 22.7 Å². The number of likely N-dealkylation sites (tertiary alicyclic amines) is 1. The van der Waals surface area contributed by atoms with Crippen molar-refractivity contribution in [1.29, 1.82) is 0 Å². The second-order valence-corrected chi connectivity index (χ2v) is 8.24. The Morgan fingerprint density at radius 3 is 2.69 bits per heavy atom. The van der Waals surface area contributed by atoms with Gasteiger partial charge in [0.25, 0.3) is 0 Å². The standard InChI is InChI=1S/C25H31F3N6O/c1-5-8-21(22(6-2)35-4)29-12-7-9-19-15-20-23(32-18-10-13-33(3)14-11-18)30-17-31-24(20)34(19)16-25(26,27)28/h5-6,8,15,17-18,29H,1,10-14,16H2,2-4H3,(H,30,31,32)/b21-8+,22-6+. The van der Waals surface area contributed by atoms with Crippen LogP contribution in [0, 0.1) is 11.8 Å². The lowest BCUT2D eigenvalue weighted by Crippen LogP contribution is -2.36. The van der Waals surface area contributed by atoms with Crippen LogP contribution in [0.1, 0.15) is 25.5 Å². The van der Waals surface area contributed by atoms with E-state index in [-0.39, 0.29) is 23.9 Å². The lowest BCUT2D eigenvalue weighted by atomic mass is 10.1. The molecule has 7 nitrogen and oxygen atoms in total. The van der Waals surface area contributed by atoms with Crippen LogP contribution < -0.4 is 10.6 Å². The smallest absolute Gasteiger partial charge is 0.406 e. The molecule has 1 saturated heterocycles. The van der Waals surface area contributed by atoms with Crippen molar-refractivity contribution in [2.45, 2.75) is 38.5 Å². The molecule has 1 fully saturated rings. The van der Waals surface area contributed by atoms with Gasteiger partial charge in [0, 0.05) is 6.04 Å². The predicted octanol–water partition coefficient (Wildman–Crippen LogP) is 4.06. The summed E-state index contributed by atoms with van der Waals surface area (Å²) in [7, 11) is 3.62. The number of nitrogens with one attached hydrogen (secondary N) is 2. The molecule has 0 aromatic carbocycles. The zero-order valence-corrected chi connectivity index (χ0v) is 20.2. The summed E-state index contributed by atoms with van der Waals surface area (Å²) in [5, 5.41) is 7.03. The van der Waals surface area contributed by atoms with E-state index in [4.69, 9.17) is 4.74 Å². The number of ether oxygens (including phenoxy) is 1. The fourth-order valence-electron chi connectivity index (χ4n) is 3.97. The number of rotatable bonds is 8. The van der Waals surface area contributed by atoms with Gasteiger partial charge in [-0.3, -0.25) is 0 Å². The van der Waals surface area contributed by atoms with E-state index in [1.165, 1.54) is 6.33 Å². The molecule has 0 atom stereocenters. The number of alkyl halides is 3. The molecule has 2 aromatic heterocycles. The molecule has 3 heterocycles. The average molecular weight is 489 g/mol. The number of piperidine rings is 1. The number of nitrogens with zero attached hydrogens (tertiary/aromatic N) is 4. The molecule has 0 bridgehead atoms. The van der Waals surface area contributed by atoms with Gasteiger partial charge in [-0.1, -0.05) is 18.6 Å². The maximum Gasteiger partial charge on any atom is 0.406 e. The van der Waals surface area contributed by atoms with E-state index in [2.05, 4.69) is 51.0 Å². The zero-order valence-electron chi connectivity index (χ0n) is 20.2. The molecule has 0 spiro atoms. The van der Waals surface area contributed by atoms with Crippen molar-refractivity contribution in [1.82, 2.24) is 24.8 Å². The molecule has 188 valence electrons. The molecule has 0 unspecified atom stereocenters. The van der Waals surface area contributed by atoms with E-state index in [9.17, 15) is 13.2 Å². The molecule has 10 heteroatoms. The highest BCUT2D eigenvalue weighted by Crippen LogP contribution is 2.28. The van der Waals surface area contributed by atoms with E-state index in [1.807, 2.05) is 6.92 Å². The minimum atomic E-state index is -4.42. The van der Waals surface area contributed by atoms with Gasteiger partial charge < -0.3 is 24.8 Å². The van der Waals surface area contributed by atoms with E-state index < -0.39 is 12.7 Å². The molecule has 3 rings (SSSR count). The monoisotopic (exact) mass is 488 g/mol. The van der Waals surface area contributed by atoms with Gasteiger partial charge in [-0.2, -0.15) is 13.2 Å². The fraction of sp³-hybridized carbons (Fsp3) is 0.440. The van der Waals surface area contributed by atoms with Gasteiger partial charge in [0.2, 0.25) is 0 Å². The van der Waals surface area contributed by atoms with Gasteiger partial charge in [-0.15, -0.1) is 0 Å². The first kappa shape index (κ1) is 26.2. The molecule has 0 amide bonds. The predicted molar refractivity (Wildman–Crippen MR) is 132 cm³/mol. The maximum atomic E-state index is 13.4. The fourth-order valence-corrected chi connectivity index (χ4v) is 3.97. The third kappa shape index (κ3) is 7.02. The zero-order chi connectivity index (χ0) is 25.4. The Labute approximate surface area is 203 Å². The lowest BCUT2D eigenvalue weighted by molar-refractivity contribution is -0.140. The summed E-state index contributed by atoms with van der Waals surface area (Å²) in [5.74, 6) is 6.91. The molecule has 1 aliphatic rings. The Hall–Kier alpha value is -3.45. The second-order valence-electron chi connectivity index (χ2n) is 8.24. The number of aromatic nitrogens is 3. The number of fused-ring (bicyclic) bond motifs is 1. The first-order valence-electron chi connectivity index (χ1n) is 11.4. The maximum absolute atomic E-state index is 13.4. The molecule has 2 N–H and O–H groups in total. The van der Waals surface area contributed by atoms with Gasteiger partial charge >= 0.3 is 6.18 Å². The van der Waals surface area contributed by atoms with Crippen molar-refractivity contribution in [2.24, 2.45) is 0 Å². The van der Waals surface area contributed by atoms with Crippen molar-refractivity contribution < 1.29 is 17.9 Å². The third-order valence-electron chi connectivity index (χ3n) is 5.70. The van der Waals surface area contributed by atoms with Crippen LogP contribution in [0.25, 0.3) is 11.0 Å².